The molecule has 0 spiro atoms. The number of amides is 1. The summed E-state index contributed by atoms with van der Waals surface area (Å²) < 4.78 is 41.5. The standard InChI is InChI=1S/C22H22F3N3O2/c1-5-17(20(29)26-15-8-6-7-12(2)9-15)28-18-11-14(4)13(3)10-16(18)27-19(21(28)30)22(23,24)25/h6-11,17H,5H2,1-4H3,(H,26,29). The van der Waals surface area contributed by atoms with Gasteiger partial charge in [-0.15, -0.1) is 0 Å². The molecule has 2 aromatic carbocycles. The lowest BCUT2D eigenvalue weighted by molar-refractivity contribution is -0.142. The normalized spacial score (nSPS) is 12.8. The molecule has 3 rings (SSSR count). The topological polar surface area (TPSA) is 64.0 Å². The molecule has 8 heteroatoms. The Hall–Kier alpha value is -3.16. The molecule has 1 heterocycles. The highest BCUT2D eigenvalue weighted by molar-refractivity contribution is 5.94. The first-order valence-electron chi connectivity index (χ1n) is 9.51. The van der Waals surface area contributed by atoms with E-state index in [4.69, 9.17) is 0 Å². The number of carbonyl (C=O) groups excluding carboxylic acids is 1. The predicted octanol–water partition coefficient (Wildman–Crippen LogP) is 4.93. The molecule has 158 valence electrons. The zero-order valence-electron chi connectivity index (χ0n) is 17.1. The summed E-state index contributed by atoms with van der Waals surface area (Å²) in [5.74, 6) is -0.566. The van der Waals surface area contributed by atoms with E-state index in [1.807, 2.05) is 13.0 Å². The molecule has 5 nitrogen and oxygen atoms in total. The minimum atomic E-state index is -4.93. The van der Waals surface area contributed by atoms with E-state index in [-0.39, 0.29) is 17.5 Å². The molecule has 1 unspecified atom stereocenters. The van der Waals surface area contributed by atoms with Gasteiger partial charge < -0.3 is 5.32 Å². The van der Waals surface area contributed by atoms with Crippen LogP contribution in [0.3, 0.4) is 0 Å². The first-order chi connectivity index (χ1) is 14.0. The van der Waals surface area contributed by atoms with Crippen LogP contribution in [0.5, 0.6) is 0 Å². The van der Waals surface area contributed by atoms with E-state index in [0.29, 0.717) is 5.69 Å². The summed E-state index contributed by atoms with van der Waals surface area (Å²) in [6, 6.07) is 9.00. The van der Waals surface area contributed by atoms with Crippen molar-refractivity contribution in [3.8, 4) is 0 Å². The number of benzene rings is 2. The maximum atomic E-state index is 13.5. The van der Waals surface area contributed by atoms with E-state index in [2.05, 4.69) is 10.3 Å². The van der Waals surface area contributed by atoms with Crippen molar-refractivity contribution >= 4 is 22.6 Å². The molecule has 0 saturated heterocycles. The molecule has 0 aliphatic heterocycles. The van der Waals surface area contributed by atoms with Gasteiger partial charge in [-0.05, 0) is 68.1 Å². The summed E-state index contributed by atoms with van der Waals surface area (Å²) in [5, 5.41) is 2.71. The first kappa shape index (κ1) is 21.5. The number of fused-ring (bicyclic) bond motifs is 1. The smallest absolute Gasteiger partial charge is 0.324 e. The second-order valence-electron chi connectivity index (χ2n) is 7.34. The van der Waals surface area contributed by atoms with E-state index in [1.165, 1.54) is 6.07 Å². The average molecular weight is 417 g/mol. The molecule has 30 heavy (non-hydrogen) atoms. The monoisotopic (exact) mass is 417 g/mol. The summed E-state index contributed by atoms with van der Waals surface area (Å²) in [5.41, 5.74) is 0.307. The molecule has 0 aliphatic carbocycles. The summed E-state index contributed by atoms with van der Waals surface area (Å²) in [6.45, 7) is 7.04. The number of carbonyl (C=O) groups is 1. The van der Waals surface area contributed by atoms with Crippen molar-refractivity contribution in [3.63, 3.8) is 0 Å². The van der Waals surface area contributed by atoms with Crippen LogP contribution < -0.4 is 10.9 Å². The predicted molar refractivity (Wildman–Crippen MR) is 110 cm³/mol. The highest BCUT2D eigenvalue weighted by Gasteiger charge is 2.38. The molecular formula is C22H22F3N3O2. The molecular weight excluding hydrogens is 395 g/mol. The van der Waals surface area contributed by atoms with Crippen LogP contribution in [-0.2, 0) is 11.0 Å². The van der Waals surface area contributed by atoms with Crippen LogP contribution in [0.2, 0.25) is 0 Å². The quantitative estimate of drug-likeness (QED) is 0.655. The Balaban J connectivity index is 2.22. The second-order valence-corrected chi connectivity index (χ2v) is 7.34. The van der Waals surface area contributed by atoms with Crippen molar-refractivity contribution in [3.05, 3.63) is 69.1 Å². The number of alkyl halides is 3. The van der Waals surface area contributed by atoms with Crippen molar-refractivity contribution in [2.75, 3.05) is 5.32 Å². The summed E-state index contributed by atoms with van der Waals surface area (Å²) >= 11 is 0. The number of nitrogens with zero attached hydrogens (tertiary/aromatic N) is 2. The van der Waals surface area contributed by atoms with E-state index in [9.17, 15) is 22.8 Å². The first-order valence-corrected chi connectivity index (χ1v) is 9.51. The Labute approximate surface area is 171 Å². The third kappa shape index (κ3) is 4.08. The van der Waals surface area contributed by atoms with Crippen molar-refractivity contribution in [2.24, 2.45) is 0 Å². The fraction of sp³-hybridized carbons (Fsp3) is 0.318. The number of rotatable bonds is 4. The number of aryl methyl sites for hydroxylation is 3. The van der Waals surface area contributed by atoms with Crippen LogP contribution >= 0.6 is 0 Å². The van der Waals surface area contributed by atoms with Crippen molar-refractivity contribution in [1.29, 1.82) is 0 Å². The molecule has 1 N–H and O–H groups in total. The largest absolute Gasteiger partial charge is 0.438 e. The van der Waals surface area contributed by atoms with Gasteiger partial charge in [-0.2, -0.15) is 13.2 Å². The van der Waals surface area contributed by atoms with Gasteiger partial charge in [-0.3, -0.25) is 14.2 Å². The molecule has 1 atom stereocenters. The lowest BCUT2D eigenvalue weighted by Crippen LogP contribution is -2.37. The van der Waals surface area contributed by atoms with Gasteiger partial charge >= 0.3 is 6.18 Å². The zero-order valence-corrected chi connectivity index (χ0v) is 17.1. The van der Waals surface area contributed by atoms with E-state index in [1.54, 1.807) is 45.0 Å². The molecule has 0 fully saturated rings. The third-order valence-corrected chi connectivity index (χ3v) is 5.06. The van der Waals surface area contributed by atoms with E-state index in [0.717, 1.165) is 21.3 Å². The van der Waals surface area contributed by atoms with Crippen LogP contribution in [0.4, 0.5) is 18.9 Å². The van der Waals surface area contributed by atoms with Gasteiger partial charge in [0.05, 0.1) is 11.0 Å². The molecule has 0 aliphatic rings. The second kappa shape index (κ2) is 7.93. The van der Waals surface area contributed by atoms with Crippen LogP contribution in [-0.4, -0.2) is 15.5 Å². The highest BCUT2D eigenvalue weighted by atomic mass is 19.4. The molecule has 0 radical (unpaired) electrons. The lowest BCUT2D eigenvalue weighted by Gasteiger charge is -2.22. The number of aromatic nitrogens is 2. The molecule has 0 saturated carbocycles. The Bertz CT molecular complexity index is 1180. The molecule has 1 amide bonds. The van der Waals surface area contributed by atoms with Crippen LogP contribution in [0.25, 0.3) is 11.0 Å². The molecule has 0 bridgehead atoms. The lowest BCUT2D eigenvalue weighted by atomic mass is 10.1. The van der Waals surface area contributed by atoms with Gasteiger partial charge in [0, 0.05) is 5.69 Å². The maximum Gasteiger partial charge on any atom is 0.438 e. The number of hydrogen-bond donors (Lipinski definition) is 1. The third-order valence-electron chi connectivity index (χ3n) is 5.06. The van der Waals surface area contributed by atoms with Crippen molar-refractivity contribution in [1.82, 2.24) is 9.55 Å². The number of halogens is 3. The van der Waals surface area contributed by atoms with Gasteiger partial charge in [-0.1, -0.05) is 19.1 Å². The van der Waals surface area contributed by atoms with Crippen molar-refractivity contribution in [2.45, 2.75) is 46.3 Å². The van der Waals surface area contributed by atoms with Crippen LogP contribution in [0, 0.1) is 20.8 Å². The van der Waals surface area contributed by atoms with Crippen molar-refractivity contribution < 1.29 is 18.0 Å². The SMILES string of the molecule is CCC(C(=O)Nc1cccc(C)c1)n1c(=O)c(C(F)(F)F)nc2cc(C)c(C)cc21. The summed E-state index contributed by atoms with van der Waals surface area (Å²) in [7, 11) is 0. The fourth-order valence-corrected chi connectivity index (χ4v) is 3.39. The Morgan fingerprint density at radius 2 is 1.80 bits per heavy atom. The maximum absolute atomic E-state index is 13.5. The van der Waals surface area contributed by atoms with Gasteiger partial charge in [-0.25, -0.2) is 4.98 Å². The fourth-order valence-electron chi connectivity index (χ4n) is 3.39. The summed E-state index contributed by atoms with van der Waals surface area (Å²) in [6.07, 6.45) is -4.81. The van der Waals surface area contributed by atoms with Gasteiger partial charge in [0.2, 0.25) is 11.6 Å². The van der Waals surface area contributed by atoms with Gasteiger partial charge in [0.25, 0.3) is 5.56 Å². The van der Waals surface area contributed by atoms with Gasteiger partial charge in [0.15, 0.2) is 0 Å². The summed E-state index contributed by atoms with van der Waals surface area (Å²) in [4.78, 5) is 29.4. The van der Waals surface area contributed by atoms with Crippen LogP contribution in [0.15, 0.2) is 41.2 Å². The minimum Gasteiger partial charge on any atom is -0.324 e. The number of anilines is 1. The number of hydrogen-bond acceptors (Lipinski definition) is 3. The van der Waals surface area contributed by atoms with E-state index >= 15 is 0 Å². The van der Waals surface area contributed by atoms with Crippen LogP contribution in [0.1, 0.15) is 41.8 Å². The zero-order chi connectivity index (χ0) is 22.2. The van der Waals surface area contributed by atoms with Gasteiger partial charge in [0.1, 0.15) is 6.04 Å². The molecule has 3 aromatic rings. The Kier molecular flexibility index (Phi) is 5.70. The average Bonchev–Trinajstić information content (AvgIpc) is 2.64. The number of nitrogens with one attached hydrogen (secondary N) is 1. The highest BCUT2D eigenvalue weighted by Crippen LogP contribution is 2.29. The Morgan fingerprint density at radius 3 is 2.40 bits per heavy atom. The minimum absolute atomic E-state index is 0.0202. The molecule has 1 aromatic heterocycles. The van der Waals surface area contributed by atoms with E-state index < -0.39 is 29.4 Å². The Morgan fingerprint density at radius 1 is 1.13 bits per heavy atom.